The minimum absolute atomic E-state index is 0.102. The fourth-order valence-corrected chi connectivity index (χ4v) is 8.53. The Bertz CT molecular complexity index is 1060. The molecule has 4 N–H and O–H groups in total. The van der Waals surface area contributed by atoms with Crippen molar-refractivity contribution in [1.29, 1.82) is 0 Å². The first kappa shape index (κ1) is 21.9. The molecule has 0 bridgehead atoms. The fraction of sp³-hybridized carbons (Fsp3) is 0.700. The maximum Gasteiger partial charge on any atom is 0.380 e. The molecule has 0 aromatic heterocycles. The molecule has 3 unspecified atom stereocenters. The SMILES string of the molecule is COc1cc2c(cc1OS(N)(=O)=O)CCC1C2CC[C@@]2(C)C1CCC[C@@H]2S(N)(=O)=O. The molecule has 2 saturated carbocycles. The summed E-state index contributed by atoms with van der Waals surface area (Å²) in [6, 6.07) is 3.59. The highest BCUT2D eigenvalue weighted by Gasteiger charge is 2.55. The monoisotopic (exact) mass is 458 g/mol. The Hall–Kier alpha value is -1.36. The first-order valence-electron chi connectivity index (χ1n) is 10.4. The van der Waals surface area contributed by atoms with Crippen LogP contribution in [0.5, 0.6) is 11.5 Å². The first-order chi connectivity index (χ1) is 13.9. The van der Waals surface area contributed by atoms with E-state index in [4.69, 9.17) is 19.2 Å². The van der Waals surface area contributed by atoms with Gasteiger partial charge < -0.3 is 8.92 Å². The van der Waals surface area contributed by atoms with Crippen molar-refractivity contribution in [3.8, 4) is 11.5 Å². The van der Waals surface area contributed by atoms with E-state index in [0.29, 0.717) is 24.0 Å². The first-order valence-corrected chi connectivity index (χ1v) is 13.5. The van der Waals surface area contributed by atoms with E-state index in [0.717, 1.165) is 49.7 Å². The van der Waals surface area contributed by atoms with Gasteiger partial charge in [-0.3, -0.25) is 0 Å². The second-order valence-corrected chi connectivity index (χ2v) is 12.1. The largest absolute Gasteiger partial charge is 0.493 e. The van der Waals surface area contributed by atoms with Crippen molar-refractivity contribution in [2.24, 2.45) is 27.5 Å². The molecule has 0 radical (unpaired) electrons. The zero-order chi connectivity index (χ0) is 21.9. The van der Waals surface area contributed by atoms with Crippen LogP contribution in [-0.4, -0.2) is 29.2 Å². The molecule has 4 rings (SSSR count). The molecule has 0 heterocycles. The van der Waals surface area contributed by atoms with Gasteiger partial charge >= 0.3 is 10.3 Å². The van der Waals surface area contributed by atoms with Crippen LogP contribution in [0.2, 0.25) is 0 Å². The van der Waals surface area contributed by atoms with Crippen LogP contribution in [0, 0.1) is 17.3 Å². The van der Waals surface area contributed by atoms with E-state index in [-0.39, 0.29) is 17.1 Å². The summed E-state index contributed by atoms with van der Waals surface area (Å²) in [7, 11) is -6.28. The Kier molecular flexibility index (Phi) is 5.36. The number of fused-ring (bicyclic) bond motifs is 5. The minimum atomic E-state index is -4.15. The predicted molar refractivity (Wildman–Crippen MR) is 113 cm³/mol. The Labute approximate surface area is 178 Å². The molecule has 2 fully saturated rings. The molecule has 5 atom stereocenters. The molecule has 30 heavy (non-hydrogen) atoms. The van der Waals surface area contributed by atoms with Gasteiger partial charge in [0, 0.05) is 0 Å². The van der Waals surface area contributed by atoms with Crippen molar-refractivity contribution in [2.75, 3.05) is 7.11 Å². The van der Waals surface area contributed by atoms with Crippen molar-refractivity contribution < 1.29 is 25.8 Å². The summed E-state index contributed by atoms with van der Waals surface area (Å²) in [6.45, 7) is 2.11. The predicted octanol–water partition coefficient (Wildman–Crippen LogP) is 2.18. The van der Waals surface area contributed by atoms with Crippen LogP contribution in [0.1, 0.15) is 62.5 Å². The van der Waals surface area contributed by atoms with Gasteiger partial charge in [-0.05, 0) is 85.0 Å². The van der Waals surface area contributed by atoms with E-state index in [1.54, 1.807) is 6.07 Å². The number of aryl methyl sites for hydroxylation is 1. The summed E-state index contributed by atoms with van der Waals surface area (Å²) in [4.78, 5) is 0. The molecule has 1 aromatic rings. The second-order valence-electron chi connectivity index (χ2n) is 9.25. The third-order valence-electron chi connectivity index (χ3n) is 7.77. The van der Waals surface area contributed by atoms with E-state index in [1.807, 2.05) is 6.07 Å². The average Bonchev–Trinajstić information content (AvgIpc) is 2.63. The van der Waals surface area contributed by atoms with Gasteiger partial charge in [0.2, 0.25) is 10.0 Å². The molecule has 0 amide bonds. The number of primary sulfonamides is 1. The van der Waals surface area contributed by atoms with Crippen molar-refractivity contribution in [1.82, 2.24) is 0 Å². The molecule has 3 aliphatic rings. The van der Waals surface area contributed by atoms with E-state index in [2.05, 4.69) is 6.92 Å². The second kappa shape index (κ2) is 7.36. The van der Waals surface area contributed by atoms with E-state index >= 15 is 0 Å². The lowest BCUT2D eigenvalue weighted by Crippen LogP contribution is -2.54. The maximum absolute atomic E-state index is 12.3. The van der Waals surface area contributed by atoms with Gasteiger partial charge in [0.25, 0.3) is 0 Å². The fourth-order valence-electron chi connectivity index (χ4n) is 6.61. The van der Waals surface area contributed by atoms with Gasteiger partial charge in [0.05, 0.1) is 12.4 Å². The molecule has 8 nitrogen and oxygen atoms in total. The molecule has 0 aliphatic heterocycles. The Morgan fingerprint density at radius 2 is 1.77 bits per heavy atom. The number of methoxy groups -OCH3 is 1. The zero-order valence-electron chi connectivity index (χ0n) is 17.3. The normalized spacial score (nSPS) is 33.7. The van der Waals surface area contributed by atoms with Gasteiger partial charge in [-0.15, -0.1) is 0 Å². The van der Waals surface area contributed by atoms with E-state index < -0.39 is 25.6 Å². The number of nitrogens with two attached hydrogens (primary N) is 2. The molecule has 10 heteroatoms. The van der Waals surface area contributed by atoms with Crippen LogP contribution < -0.4 is 19.2 Å². The standard InChI is InChI=1S/C20H30N2O6S2/c1-20-9-8-13-14(16(20)4-3-5-19(20)29(21,23)24)7-6-12-10-18(28-30(22,25)26)17(27-2)11-15(12)13/h10-11,13-14,16,19H,3-9H2,1-2H3,(H2,21,23,24)(H2,22,25,26)/t13?,14?,16?,19-,20-/m0/s1. The van der Waals surface area contributed by atoms with Crippen molar-refractivity contribution in [2.45, 2.75) is 63.0 Å². The number of ether oxygens (including phenoxy) is 1. The lowest BCUT2D eigenvalue weighted by atomic mass is 9.50. The Morgan fingerprint density at radius 1 is 1.03 bits per heavy atom. The summed E-state index contributed by atoms with van der Waals surface area (Å²) < 4.78 is 57.8. The Morgan fingerprint density at radius 3 is 2.40 bits per heavy atom. The molecule has 1 aromatic carbocycles. The van der Waals surface area contributed by atoms with Crippen molar-refractivity contribution in [3.63, 3.8) is 0 Å². The summed E-state index contributed by atoms with van der Waals surface area (Å²) in [5.41, 5.74) is 1.88. The van der Waals surface area contributed by atoms with Crippen LogP contribution in [0.4, 0.5) is 0 Å². The molecular formula is C20H30N2O6S2. The highest BCUT2D eigenvalue weighted by Crippen LogP contribution is 2.61. The van der Waals surface area contributed by atoms with Gasteiger partial charge in [-0.1, -0.05) is 13.3 Å². The number of benzene rings is 1. The summed E-state index contributed by atoms with van der Waals surface area (Å²) in [5, 5.41) is 10.2. The maximum atomic E-state index is 12.3. The average molecular weight is 459 g/mol. The summed E-state index contributed by atoms with van der Waals surface area (Å²) in [5.74, 6) is 1.39. The van der Waals surface area contributed by atoms with Crippen molar-refractivity contribution >= 4 is 20.3 Å². The number of hydrogen-bond donors (Lipinski definition) is 2. The van der Waals surface area contributed by atoms with Gasteiger partial charge in [0.15, 0.2) is 11.5 Å². The smallest absolute Gasteiger partial charge is 0.380 e. The number of rotatable bonds is 4. The van der Waals surface area contributed by atoms with Crippen LogP contribution >= 0.6 is 0 Å². The highest BCUT2D eigenvalue weighted by atomic mass is 32.2. The lowest BCUT2D eigenvalue weighted by molar-refractivity contribution is -0.000978. The van der Waals surface area contributed by atoms with Gasteiger partial charge in [0.1, 0.15) is 0 Å². The molecule has 0 spiro atoms. The number of hydrogen-bond acceptors (Lipinski definition) is 6. The zero-order valence-corrected chi connectivity index (χ0v) is 19.0. The molecule has 168 valence electrons. The van der Waals surface area contributed by atoms with Crippen LogP contribution in [0.15, 0.2) is 12.1 Å². The number of sulfonamides is 1. The third-order valence-corrected chi connectivity index (χ3v) is 9.75. The van der Waals surface area contributed by atoms with Gasteiger partial charge in [-0.2, -0.15) is 13.6 Å². The molecular weight excluding hydrogens is 428 g/mol. The van der Waals surface area contributed by atoms with Gasteiger partial charge in [-0.25, -0.2) is 13.6 Å². The third kappa shape index (κ3) is 3.72. The van der Waals surface area contributed by atoms with E-state index in [1.165, 1.54) is 7.11 Å². The molecule has 3 aliphatic carbocycles. The van der Waals surface area contributed by atoms with Crippen LogP contribution in [0.3, 0.4) is 0 Å². The quantitative estimate of drug-likeness (QED) is 0.709. The summed E-state index contributed by atoms with van der Waals surface area (Å²) >= 11 is 0. The Balaban J connectivity index is 1.71. The van der Waals surface area contributed by atoms with E-state index in [9.17, 15) is 16.8 Å². The lowest BCUT2D eigenvalue weighted by Gasteiger charge is -2.56. The highest BCUT2D eigenvalue weighted by molar-refractivity contribution is 7.89. The summed E-state index contributed by atoms with van der Waals surface area (Å²) in [6.07, 6.45) is 5.91. The van der Waals surface area contributed by atoms with Crippen LogP contribution in [-0.2, 0) is 26.7 Å². The van der Waals surface area contributed by atoms with Crippen LogP contribution in [0.25, 0.3) is 0 Å². The van der Waals surface area contributed by atoms with Crippen molar-refractivity contribution in [3.05, 3.63) is 23.3 Å². The topological polar surface area (TPSA) is 139 Å². The molecule has 0 saturated heterocycles. The minimum Gasteiger partial charge on any atom is -0.493 e.